The first-order chi connectivity index (χ1) is 11.2. The van der Waals surface area contributed by atoms with Gasteiger partial charge in [-0.25, -0.2) is 9.37 Å². The summed E-state index contributed by atoms with van der Waals surface area (Å²) < 4.78 is 13.6. The van der Waals surface area contributed by atoms with Gasteiger partial charge in [0.2, 0.25) is 5.91 Å². The molecule has 0 saturated carbocycles. The molecule has 2 heterocycles. The van der Waals surface area contributed by atoms with Crippen molar-refractivity contribution in [1.82, 2.24) is 10.3 Å². The normalized spacial score (nSPS) is 16.6. The fraction of sp³-hybridized carbons (Fsp3) is 0.412. The number of carbonyl (C=O) groups excluding carboxylic acids is 1. The van der Waals surface area contributed by atoms with Crippen molar-refractivity contribution >= 4 is 34.8 Å². The van der Waals surface area contributed by atoms with Crippen molar-refractivity contribution in [2.24, 2.45) is 5.92 Å². The molecule has 3 rings (SSSR count). The van der Waals surface area contributed by atoms with Gasteiger partial charge in [-0.2, -0.15) is 0 Å². The van der Waals surface area contributed by atoms with E-state index in [2.05, 4.69) is 15.6 Å². The number of nitrogens with one attached hydrogen (secondary N) is 2. The number of hydrogen-bond donors (Lipinski definition) is 2. The van der Waals surface area contributed by atoms with Crippen LogP contribution in [0.15, 0.2) is 30.5 Å². The molecule has 130 valence electrons. The molecular formula is C17H21ClFN3OS. The molecule has 0 aliphatic carbocycles. The van der Waals surface area contributed by atoms with Gasteiger partial charge in [-0.1, -0.05) is 18.2 Å². The van der Waals surface area contributed by atoms with Crippen LogP contribution in [0.1, 0.15) is 29.7 Å². The van der Waals surface area contributed by atoms with E-state index in [0.717, 1.165) is 30.8 Å². The average molecular weight is 370 g/mol. The van der Waals surface area contributed by atoms with Gasteiger partial charge in [0.1, 0.15) is 5.82 Å². The van der Waals surface area contributed by atoms with E-state index in [9.17, 15) is 9.18 Å². The highest BCUT2D eigenvalue weighted by Crippen LogP contribution is 2.23. The van der Waals surface area contributed by atoms with E-state index in [1.807, 2.05) is 6.07 Å². The summed E-state index contributed by atoms with van der Waals surface area (Å²) in [5, 5.41) is 6.73. The Morgan fingerprint density at radius 3 is 3.00 bits per heavy atom. The van der Waals surface area contributed by atoms with Gasteiger partial charge in [0.05, 0.1) is 0 Å². The number of carbonyl (C=O) groups is 1. The first-order valence-corrected chi connectivity index (χ1v) is 8.71. The second-order valence-corrected chi connectivity index (χ2v) is 6.96. The molecule has 2 N–H and O–H groups in total. The number of amides is 1. The van der Waals surface area contributed by atoms with Gasteiger partial charge < -0.3 is 10.6 Å². The predicted octanol–water partition coefficient (Wildman–Crippen LogP) is 3.62. The monoisotopic (exact) mass is 369 g/mol. The van der Waals surface area contributed by atoms with Crippen LogP contribution < -0.4 is 10.6 Å². The van der Waals surface area contributed by atoms with Crippen LogP contribution in [0.5, 0.6) is 0 Å². The maximum absolute atomic E-state index is 13.6. The van der Waals surface area contributed by atoms with Gasteiger partial charge in [0.25, 0.3) is 0 Å². The van der Waals surface area contributed by atoms with E-state index in [1.54, 1.807) is 18.3 Å². The summed E-state index contributed by atoms with van der Waals surface area (Å²) >= 11 is 1.40. The Labute approximate surface area is 151 Å². The number of rotatable bonds is 6. The molecule has 1 unspecified atom stereocenters. The van der Waals surface area contributed by atoms with Crippen molar-refractivity contribution < 1.29 is 9.18 Å². The minimum Gasteiger partial charge on any atom is -0.316 e. The third-order valence-electron chi connectivity index (χ3n) is 4.06. The van der Waals surface area contributed by atoms with E-state index in [0.29, 0.717) is 29.5 Å². The summed E-state index contributed by atoms with van der Waals surface area (Å²) in [5.41, 5.74) is 0.641. The lowest BCUT2D eigenvalue weighted by molar-refractivity contribution is -0.116. The molecule has 0 bridgehead atoms. The number of aromatic nitrogens is 1. The second kappa shape index (κ2) is 9.11. The molecule has 1 aromatic heterocycles. The van der Waals surface area contributed by atoms with Crippen molar-refractivity contribution in [2.75, 3.05) is 18.4 Å². The SMILES string of the molecule is Cl.O=C(CCC1CCNC1)Nc1ncc(Cc2ccccc2F)s1. The number of anilines is 1. The second-order valence-electron chi connectivity index (χ2n) is 5.85. The predicted molar refractivity (Wildman–Crippen MR) is 97.4 cm³/mol. The highest BCUT2D eigenvalue weighted by Gasteiger charge is 2.16. The highest BCUT2D eigenvalue weighted by atomic mass is 35.5. The summed E-state index contributed by atoms with van der Waals surface area (Å²) in [7, 11) is 0. The first-order valence-electron chi connectivity index (χ1n) is 7.89. The molecule has 1 aliphatic rings. The lowest BCUT2D eigenvalue weighted by Crippen LogP contribution is -2.14. The maximum Gasteiger partial charge on any atom is 0.226 e. The highest BCUT2D eigenvalue weighted by molar-refractivity contribution is 7.15. The maximum atomic E-state index is 13.6. The third kappa shape index (κ3) is 5.26. The number of nitrogens with zero attached hydrogens (tertiary/aromatic N) is 1. The number of halogens is 2. The zero-order valence-corrected chi connectivity index (χ0v) is 14.9. The summed E-state index contributed by atoms with van der Waals surface area (Å²) in [4.78, 5) is 17.1. The molecule has 2 aromatic rings. The van der Waals surface area contributed by atoms with E-state index >= 15 is 0 Å². The molecule has 1 atom stereocenters. The Kier molecular flexibility index (Phi) is 7.15. The van der Waals surface area contributed by atoms with Crippen LogP contribution >= 0.6 is 23.7 Å². The molecule has 1 fully saturated rings. The largest absolute Gasteiger partial charge is 0.316 e. The van der Waals surface area contributed by atoms with Crippen LogP contribution in [0.2, 0.25) is 0 Å². The van der Waals surface area contributed by atoms with Crippen molar-refractivity contribution in [2.45, 2.75) is 25.7 Å². The number of thiazole rings is 1. The van der Waals surface area contributed by atoms with Crippen LogP contribution in [0, 0.1) is 11.7 Å². The topological polar surface area (TPSA) is 54.0 Å². The van der Waals surface area contributed by atoms with E-state index in [1.165, 1.54) is 17.4 Å². The Balaban J connectivity index is 0.00000208. The molecule has 1 amide bonds. The molecular weight excluding hydrogens is 349 g/mol. The average Bonchev–Trinajstić information content (AvgIpc) is 3.19. The smallest absolute Gasteiger partial charge is 0.226 e. The minimum atomic E-state index is -0.211. The van der Waals surface area contributed by atoms with Crippen molar-refractivity contribution in [3.8, 4) is 0 Å². The number of benzene rings is 1. The zero-order chi connectivity index (χ0) is 16.1. The Morgan fingerprint density at radius 2 is 2.25 bits per heavy atom. The third-order valence-corrected chi connectivity index (χ3v) is 4.98. The summed E-state index contributed by atoms with van der Waals surface area (Å²) in [6.45, 7) is 2.06. The Morgan fingerprint density at radius 1 is 1.42 bits per heavy atom. The van der Waals surface area contributed by atoms with Crippen LogP contribution in [-0.4, -0.2) is 24.0 Å². The summed E-state index contributed by atoms with van der Waals surface area (Å²) in [6.07, 6.45) is 4.78. The summed E-state index contributed by atoms with van der Waals surface area (Å²) in [6, 6.07) is 6.72. The van der Waals surface area contributed by atoms with E-state index < -0.39 is 0 Å². The molecule has 4 nitrogen and oxygen atoms in total. The van der Waals surface area contributed by atoms with Crippen LogP contribution in [0.25, 0.3) is 0 Å². The first kappa shape index (κ1) is 18.8. The molecule has 0 spiro atoms. The quantitative estimate of drug-likeness (QED) is 0.817. The van der Waals surface area contributed by atoms with Gasteiger partial charge in [-0.3, -0.25) is 4.79 Å². The lowest BCUT2D eigenvalue weighted by atomic mass is 10.0. The summed E-state index contributed by atoms with van der Waals surface area (Å²) in [5.74, 6) is 0.397. The molecule has 24 heavy (non-hydrogen) atoms. The Hall–Kier alpha value is -1.50. The molecule has 1 saturated heterocycles. The van der Waals surface area contributed by atoms with Gasteiger partial charge in [-0.05, 0) is 43.5 Å². The van der Waals surface area contributed by atoms with Gasteiger partial charge in [0, 0.05) is 23.9 Å². The fourth-order valence-corrected chi connectivity index (χ4v) is 3.61. The zero-order valence-electron chi connectivity index (χ0n) is 13.3. The van der Waals surface area contributed by atoms with Crippen molar-refractivity contribution in [1.29, 1.82) is 0 Å². The lowest BCUT2D eigenvalue weighted by Gasteiger charge is -2.06. The minimum absolute atomic E-state index is 0. The fourth-order valence-electron chi connectivity index (χ4n) is 2.75. The van der Waals surface area contributed by atoms with E-state index in [4.69, 9.17) is 0 Å². The molecule has 0 radical (unpaired) electrons. The van der Waals surface area contributed by atoms with Crippen LogP contribution in [0.4, 0.5) is 9.52 Å². The van der Waals surface area contributed by atoms with E-state index in [-0.39, 0.29) is 24.1 Å². The number of hydrogen-bond acceptors (Lipinski definition) is 4. The van der Waals surface area contributed by atoms with Gasteiger partial charge >= 0.3 is 0 Å². The van der Waals surface area contributed by atoms with Crippen LogP contribution in [-0.2, 0) is 11.2 Å². The molecule has 7 heteroatoms. The standard InChI is InChI=1S/C17H20FN3OS.ClH/c18-15-4-2-1-3-13(15)9-14-11-20-17(23-14)21-16(22)6-5-12-7-8-19-10-12;/h1-4,11-12,19H,5-10H2,(H,20,21,22);1H. The Bertz CT molecular complexity index is 673. The van der Waals surface area contributed by atoms with Crippen molar-refractivity contribution in [3.63, 3.8) is 0 Å². The van der Waals surface area contributed by atoms with Gasteiger partial charge in [-0.15, -0.1) is 23.7 Å². The van der Waals surface area contributed by atoms with Gasteiger partial charge in [0.15, 0.2) is 5.13 Å². The van der Waals surface area contributed by atoms with Crippen molar-refractivity contribution in [3.05, 3.63) is 46.7 Å². The molecule has 1 aliphatic heterocycles. The molecule has 1 aromatic carbocycles. The van der Waals surface area contributed by atoms with Crippen LogP contribution in [0.3, 0.4) is 0 Å².